The Bertz CT molecular complexity index is 1250. The second kappa shape index (κ2) is 52.2. The van der Waals surface area contributed by atoms with E-state index in [0.717, 1.165) is 122 Å². The molecule has 0 radical (unpaired) electrons. The predicted molar refractivity (Wildman–Crippen MR) is 274 cm³/mol. The van der Waals surface area contributed by atoms with Gasteiger partial charge in [0.2, 0.25) is 0 Å². The Kier molecular flexibility index (Phi) is 49.4. The van der Waals surface area contributed by atoms with Crippen LogP contribution in [-0.4, -0.2) is 37.2 Å². The summed E-state index contributed by atoms with van der Waals surface area (Å²) in [5.41, 5.74) is 0. The maximum absolute atomic E-state index is 12.8. The molecule has 0 fully saturated rings. The minimum atomic E-state index is -0.788. The number of ether oxygens (including phenoxy) is 3. The number of rotatable bonds is 47. The van der Waals surface area contributed by atoms with Gasteiger partial charge < -0.3 is 14.2 Å². The van der Waals surface area contributed by atoms with Gasteiger partial charge in [0.1, 0.15) is 13.2 Å². The van der Waals surface area contributed by atoms with Crippen LogP contribution in [0.3, 0.4) is 0 Å². The molecule has 0 spiro atoms. The predicted octanol–water partition coefficient (Wildman–Crippen LogP) is 17.6. The first-order valence-corrected chi connectivity index (χ1v) is 26.6. The van der Waals surface area contributed by atoms with Crippen LogP contribution in [0, 0.1) is 0 Å². The Morgan fingerprint density at radius 2 is 0.609 bits per heavy atom. The van der Waals surface area contributed by atoms with Crippen LogP contribution < -0.4 is 0 Å². The average molecular weight is 891 g/mol. The van der Waals surface area contributed by atoms with Crippen LogP contribution in [-0.2, 0) is 28.6 Å². The Morgan fingerprint density at radius 1 is 0.328 bits per heavy atom. The van der Waals surface area contributed by atoms with E-state index in [-0.39, 0.29) is 31.1 Å². The van der Waals surface area contributed by atoms with E-state index < -0.39 is 6.10 Å². The number of carbonyl (C=O) groups is 3. The van der Waals surface area contributed by atoms with Gasteiger partial charge in [-0.05, 0) is 96.3 Å². The molecule has 0 aromatic heterocycles. The number of allylic oxidation sites excluding steroid dienone is 14. The molecule has 6 heteroatoms. The minimum absolute atomic E-state index is 0.0875. The molecule has 0 N–H and O–H groups in total. The molecule has 0 saturated heterocycles. The second-order valence-corrected chi connectivity index (χ2v) is 17.4. The van der Waals surface area contributed by atoms with Crippen molar-refractivity contribution in [1.82, 2.24) is 0 Å². The zero-order valence-electron chi connectivity index (χ0n) is 41.8. The lowest BCUT2D eigenvalue weighted by molar-refractivity contribution is -0.167. The van der Waals surface area contributed by atoms with Crippen molar-refractivity contribution in [3.8, 4) is 0 Å². The monoisotopic (exact) mass is 891 g/mol. The maximum Gasteiger partial charge on any atom is 0.306 e. The molecule has 64 heavy (non-hydrogen) atoms. The molecular weight excluding hydrogens is 793 g/mol. The first-order valence-electron chi connectivity index (χ1n) is 26.6. The third-order valence-corrected chi connectivity index (χ3v) is 11.1. The molecule has 0 amide bonds. The van der Waals surface area contributed by atoms with Crippen molar-refractivity contribution in [2.45, 2.75) is 252 Å². The summed E-state index contributed by atoms with van der Waals surface area (Å²) in [7, 11) is 0. The fraction of sp³-hybridized carbons (Fsp3) is 0.707. The highest BCUT2D eigenvalue weighted by atomic mass is 16.6. The van der Waals surface area contributed by atoms with Gasteiger partial charge in [0.25, 0.3) is 0 Å². The molecule has 0 aliphatic rings. The molecule has 0 saturated carbocycles. The van der Waals surface area contributed by atoms with Crippen LogP contribution in [0.5, 0.6) is 0 Å². The fourth-order valence-corrected chi connectivity index (χ4v) is 7.15. The average Bonchev–Trinajstić information content (AvgIpc) is 3.29. The Morgan fingerprint density at radius 3 is 0.969 bits per heavy atom. The Labute approximate surface area is 395 Å². The summed E-state index contributed by atoms with van der Waals surface area (Å²) in [6, 6.07) is 0. The zero-order chi connectivity index (χ0) is 46.5. The molecule has 0 aromatic rings. The van der Waals surface area contributed by atoms with Gasteiger partial charge in [-0.15, -0.1) is 0 Å². The van der Waals surface area contributed by atoms with Crippen LogP contribution in [0.2, 0.25) is 0 Å². The fourth-order valence-electron chi connectivity index (χ4n) is 7.15. The number of unbranched alkanes of at least 4 members (excludes halogenated alkanes) is 22. The highest BCUT2D eigenvalue weighted by molar-refractivity contribution is 5.71. The van der Waals surface area contributed by atoms with E-state index in [9.17, 15) is 14.4 Å². The van der Waals surface area contributed by atoms with E-state index in [2.05, 4.69) is 106 Å². The van der Waals surface area contributed by atoms with E-state index in [0.29, 0.717) is 19.3 Å². The van der Waals surface area contributed by atoms with Crippen molar-refractivity contribution in [3.05, 3.63) is 85.1 Å². The molecular formula is C58H98O6. The molecule has 0 rings (SSSR count). The van der Waals surface area contributed by atoms with E-state index in [1.165, 1.54) is 83.5 Å². The van der Waals surface area contributed by atoms with E-state index >= 15 is 0 Å². The van der Waals surface area contributed by atoms with Crippen molar-refractivity contribution in [2.24, 2.45) is 0 Å². The van der Waals surface area contributed by atoms with Gasteiger partial charge in [0.15, 0.2) is 6.10 Å². The lowest BCUT2D eigenvalue weighted by Crippen LogP contribution is -2.30. The zero-order valence-corrected chi connectivity index (χ0v) is 41.8. The van der Waals surface area contributed by atoms with Gasteiger partial charge in [-0.25, -0.2) is 0 Å². The topological polar surface area (TPSA) is 78.9 Å². The normalized spacial score (nSPS) is 12.7. The van der Waals surface area contributed by atoms with E-state index in [1.807, 2.05) is 0 Å². The first kappa shape index (κ1) is 60.6. The number of hydrogen-bond donors (Lipinski definition) is 0. The first-order chi connectivity index (χ1) is 31.5. The summed E-state index contributed by atoms with van der Waals surface area (Å²) in [6.45, 7) is 6.46. The van der Waals surface area contributed by atoms with Crippen molar-refractivity contribution in [3.63, 3.8) is 0 Å². The lowest BCUT2D eigenvalue weighted by atomic mass is 10.1. The molecule has 366 valence electrons. The van der Waals surface area contributed by atoms with Crippen molar-refractivity contribution < 1.29 is 28.6 Å². The third kappa shape index (κ3) is 49.6. The van der Waals surface area contributed by atoms with E-state index in [4.69, 9.17) is 14.2 Å². The third-order valence-electron chi connectivity index (χ3n) is 11.1. The van der Waals surface area contributed by atoms with Crippen molar-refractivity contribution >= 4 is 17.9 Å². The highest BCUT2D eigenvalue weighted by Crippen LogP contribution is 2.14. The van der Waals surface area contributed by atoms with Gasteiger partial charge >= 0.3 is 17.9 Å². The van der Waals surface area contributed by atoms with Crippen LogP contribution in [0.15, 0.2) is 85.1 Å². The molecule has 1 atom stereocenters. The summed E-state index contributed by atoms with van der Waals surface area (Å²) in [4.78, 5) is 37.9. The lowest BCUT2D eigenvalue weighted by Gasteiger charge is -2.18. The largest absolute Gasteiger partial charge is 0.462 e. The molecule has 1 unspecified atom stereocenters. The smallest absolute Gasteiger partial charge is 0.306 e. The summed E-state index contributed by atoms with van der Waals surface area (Å²) in [5, 5.41) is 0. The van der Waals surface area contributed by atoms with Crippen molar-refractivity contribution in [2.75, 3.05) is 13.2 Å². The van der Waals surface area contributed by atoms with Gasteiger partial charge in [-0.1, -0.05) is 215 Å². The standard InChI is InChI=1S/C58H98O6/c1-4-7-10-13-16-19-21-23-25-26-27-28-29-30-31-32-34-35-37-39-42-45-48-51-57(60)63-54-55(53-62-56(59)50-47-44-41-18-15-12-9-6-3)64-58(61)52-49-46-43-40-38-36-33-24-22-20-17-14-11-8-5-2/h7,10,16,19,23-25,27-28,30-31,33-35,55H,4-6,8-9,11-15,17-18,20-22,26,29,32,36-54H2,1-3H3/b10-7-,19-16-,25-23-,28-27-,31-30-,33-24-,35-34-. The summed E-state index contributed by atoms with van der Waals surface area (Å²) in [5.74, 6) is -0.926. The molecule has 0 heterocycles. The molecule has 0 aliphatic carbocycles. The number of carbonyl (C=O) groups excluding carboxylic acids is 3. The van der Waals surface area contributed by atoms with Gasteiger partial charge in [0, 0.05) is 19.3 Å². The van der Waals surface area contributed by atoms with Crippen LogP contribution in [0.4, 0.5) is 0 Å². The minimum Gasteiger partial charge on any atom is -0.462 e. The maximum atomic E-state index is 12.8. The van der Waals surface area contributed by atoms with Crippen LogP contribution in [0.25, 0.3) is 0 Å². The van der Waals surface area contributed by atoms with Crippen LogP contribution >= 0.6 is 0 Å². The van der Waals surface area contributed by atoms with Gasteiger partial charge in [-0.3, -0.25) is 14.4 Å². The summed E-state index contributed by atoms with van der Waals surface area (Å²) in [6.07, 6.45) is 67.2. The molecule has 0 bridgehead atoms. The summed E-state index contributed by atoms with van der Waals surface area (Å²) < 4.78 is 16.7. The number of esters is 3. The summed E-state index contributed by atoms with van der Waals surface area (Å²) >= 11 is 0. The second-order valence-electron chi connectivity index (χ2n) is 17.4. The molecule has 6 nitrogen and oxygen atoms in total. The van der Waals surface area contributed by atoms with Crippen LogP contribution in [0.1, 0.15) is 245 Å². The quantitative estimate of drug-likeness (QED) is 0.0262. The van der Waals surface area contributed by atoms with Gasteiger partial charge in [0.05, 0.1) is 0 Å². The number of hydrogen-bond acceptors (Lipinski definition) is 6. The molecule has 0 aromatic carbocycles. The Hall–Kier alpha value is -3.41. The van der Waals surface area contributed by atoms with E-state index in [1.54, 1.807) is 0 Å². The molecule has 0 aliphatic heterocycles. The highest BCUT2D eigenvalue weighted by Gasteiger charge is 2.19. The van der Waals surface area contributed by atoms with Crippen molar-refractivity contribution in [1.29, 1.82) is 0 Å². The van der Waals surface area contributed by atoms with Gasteiger partial charge in [-0.2, -0.15) is 0 Å². The Balaban J connectivity index is 4.33. The SMILES string of the molecule is CC/C=C\C/C=C\C/C=C\C/C=C\C/C=C\C/C=C\CCCCCCC(=O)OCC(COC(=O)CCCCCCCCCC)OC(=O)CCCCCCC/C=C\CCCCCCCC.